The number of rotatable bonds is 2. The summed E-state index contributed by atoms with van der Waals surface area (Å²) in [5, 5.41) is 11.7. The lowest BCUT2D eigenvalue weighted by Crippen LogP contribution is -2.33. The summed E-state index contributed by atoms with van der Waals surface area (Å²) >= 11 is 0. The van der Waals surface area contributed by atoms with Crippen molar-refractivity contribution in [2.75, 3.05) is 25.5 Å². The van der Waals surface area contributed by atoms with Crippen molar-refractivity contribution in [3.8, 4) is 5.75 Å². The first-order valence-corrected chi connectivity index (χ1v) is 5.78. The second-order valence-electron chi connectivity index (χ2n) is 4.29. The lowest BCUT2D eigenvalue weighted by atomic mass is 10.2. The molecule has 7 heteroatoms. The first-order valence-electron chi connectivity index (χ1n) is 5.78. The van der Waals surface area contributed by atoms with Gasteiger partial charge in [0.15, 0.2) is 17.4 Å². The number of likely N-dealkylation sites (tertiary alicyclic amines) is 1. The predicted octanol–water partition coefficient (Wildman–Crippen LogP) is 1.57. The number of nitrogens with one attached hydrogen (secondary N) is 1. The van der Waals surface area contributed by atoms with Crippen LogP contribution in [0.1, 0.15) is 6.42 Å². The molecule has 0 aliphatic carbocycles. The molecular weight excluding hydrogens is 258 g/mol. The maximum atomic E-state index is 13.4. The average molecular weight is 272 g/mol. The zero-order valence-electron chi connectivity index (χ0n) is 10.3. The van der Waals surface area contributed by atoms with Crippen LogP contribution in [-0.4, -0.2) is 42.3 Å². The van der Waals surface area contributed by atoms with Crippen LogP contribution in [0.4, 0.5) is 19.3 Å². The van der Waals surface area contributed by atoms with Crippen molar-refractivity contribution in [3.63, 3.8) is 0 Å². The van der Waals surface area contributed by atoms with Gasteiger partial charge in [-0.1, -0.05) is 0 Å². The standard InChI is InChI=1S/C12H14F2N2O3/c1-19-11-9(13)4-7(5-10(11)14)15-12(18)16-3-2-8(17)6-16/h4-5,8,17H,2-3,6H2,1H3,(H,15,18). The van der Waals surface area contributed by atoms with E-state index in [0.717, 1.165) is 19.2 Å². The second kappa shape index (κ2) is 5.40. The minimum atomic E-state index is -0.890. The third-order valence-corrected chi connectivity index (χ3v) is 2.90. The summed E-state index contributed by atoms with van der Waals surface area (Å²) in [6, 6.07) is 1.46. The summed E-state index contributed by atoms with van der Waals surface area (Å²) in [6.45, 7) is 0.626. The molecule has 1 aliphatic rings. The number of aliphatic hydroxyl groups is 1. The fraction of sp³-hybridized carbons (Fsp3) is 0.417. The van der Waals surface area contributed by atoms with Crippen LogP contribution in [0.15, 0.2) is 12.1 Å². The monoisotopic (exact) mass is 272 g/mol. The van der Waals surface area contributed by atoms with Crippen molar-refractivity contribution in [1.29, 1.82) is 0 Å². The van der Waals surface area contributed by atoms with Crippen molar-refractivity contribution >= 4 is 11.7 Å². The molecule has 104 valence electrons. The molecule has 1 aromatic carbocycles. The molecule has 0 aromatic heterocycles. The Morgan fingerprint density at radius 2 is 2.11 bits per heavy atom. The molecule has 1 atom stereocenters. The van der Waals surface area contributed by atoms with Gasteiger partial charge in [0.25, 0.3) is 0 Å². The Balaban J connectivity index is 2.09. The first-order chi connectivity index (χ1) is 9.01. The van der Waals surface area contributed by atoms with Crippen LogP contribution in [0.3, 0.4) is 0 Å². The molecule has 1 fully saturated rings. The normalized spacial score (nSPS) is 18.5. The number of nitrogens with zero attached hydrogens (tertiary/aromatic N) is 1. The Hall–Kier alpha value is -1.89. The summed E-state index contributed by atoms with van der Waals surface area (Å²) < 4.78 is 31.4. The van der Waals surface area contributed by atoms with Gasteiger partial charge in [-0.15, -0.1) is 0 Å². The number of anilines is 1. The molecule has 0 bridgehead atoms. The maximum Gasteiger partial charge on any atom is 0.321 e. The molecule has 0 radical (unpaired) electrons. The van der Waals surface area contributed by atoms with Crippen molar-refractivity contribution in [2.24, 2.45) is 0 Å². The lowest BCUT2D eigenvalue weighted by molar-refractivity contribution is 0.176. The number of hydrogen-bond acceptors (Lipinski definition) is 3. The van der Waals surface area contributed by atoms with Crippen LogP contribution < -0.4 is 10.1 Å². The van der Waals surface area contributed by atoms with E-state index < -0.39 is 29.5 Å². The van der Waals surface area contributed by atoms with E-state index in [4.69, 9.17) is 0 Å². The largest absolute Gasteiger partial charge is 0.491 e. The van der Waals surface area contributed by atoms with E-state index in [2.05, 4.69) is 10.1 Å². The number of hydrogen-bond donors (Lipinski definition) is 2. The zero-order valence-corrected chi connectivity index (χ0v) is 10.3. The number of halogens is 2. The maximum absolute atomic E-state index is 13.4. The number of β-amino-alcohol motifs (C(OH)–C–C–N with tert-alkyl or cyclic N) is 1. The number of methoxy groups -OCH3 is 1. The molecule has 1 saturated heterocycles. The molecule has 1 aliphatic heterocycles. The number of carbonyl (C=O) groups excluding carboxylic acids is 1. The molecule has 2 rings (SSSR count). The van der Waals surface area contributed by atoms with Gasteiger partial charge in [0, 0.05) is 30.9 Å². The van der Waals surface area contributed by atoms with E-state index in [9.17, 15) is 18.7 Å². The van der Waals surface area contributed by atoms with Crippen molar-refractivity contribution < 1.29 is 23.4 Å². The van der Waals surface area contributed by atoms with Gasteiger partial charge in [0.05, 0.1) is 13.2 Å². The van der Waals surface area contributed by atoms with Gasteiger partial charge in [-0.3, -0.25) is 0 Å². The van der Waals surface area contributed by atoms with Gasteiger partial charge >= 0.3 is 6.03 Å². The van der Waals surface area contributed by atoms with Crippen LogP contribution in [0, 0.1) is 11.6 Å². The van der Waals surface area contributed by atoms with Crippen molar-refractivity contribution in [3.05, 3.63) is 23.8 Å². The molecule has 2 N–H and O–H groups in total. The van der Waals surface area contributed by atoms with Crippen LogP contribution >= 0.6 is 0 Å². The highest BCUT2D eigenvalue weighted by atomic mass is 19.1. The Labute approximate surface area is 108 Å². The number of carbonyl (C=O) groups is 1. The number of amides is 2. The predicted molar refractivity (Wildman–Crippen MR) is 64.1 cm³/mol. The molecule has 1 unspecified atom stereocenters. The Morgan fingerprint density at radius 3 is 2.58 bits per heavy atom. The smallest absolute Gasteiger partial charge is 0.321 e. The van der Waals surface area contributed by atoms with Gasteiger partial charge in [-0.25, -0.2) is 13.6 Å². The second-order valence-corrected chi connectivity index (χ2v) is 4.29. The summed E-state index contributed by atoms with van der Waals surface area (Å²) in [6.07, 6.45) is -0.0474. The molecule has 0 saturated carbocycles. The molecule has 1 heterocycles. The molecule has 5 nitrogen and oxygen atoms in total. The van der Waals surface area contributed by atoms with Crippen LogP contribution in [0.2, 0.25) is 0 Å². The molecule has 0 spiro atoms. The minimum Gasteiger partial charge on any atom is -0.491 e. The fourth-order valence-corrected chi connectivity index (χ4v) is 1.96. The summed E-state index contributed by atoms with van der Waals surface area (Å²) in [5.41, 5.74) is 0.00203. The van der Waals surface area contributed by atoms with Crippen molar-refractivity contribution in [1.82, 2.24) is 4.90 Å². The Kier molecular flexibility index (Phi) is 3.84. The van der Waals surface area contributed by atoms with E-state index in [1.807, 2.05) is 0 Å². The Bertz CT molecular complexity index is 473. The van der Waals surface area contributed by atoms with Gasteiger partial charge in [0.2, 0.25) is 0 Å². The van der Waals surface area contributed by atoms with E-state index in [0.29, 0.717) is 13.0 Å². The topological polar surface area (TPSA) is 61.8 Å². The van der Waals surface area contributed by atoms with E-state index in [1.165, 1.54) is 4.90 Å². The van der Waals surface area contributed by atoms with Gasteiger partial charge in [-0.2, -0.15) is 0 Å². The highest BCUT2D eigenvalue weighted by Crippen LogP contribution is 2.25. The summed E-state index contributed by atoms with van der Waals surface area (Å²) in [5.74, 6) is -2.27. The number of benzene rings is 1. The van der Waals surface area contributed by atoms with Gasteiger partial charge in [-0.05, 0) is 6.42 Å². The van der Waals surface area contributed by atoms with Crippen LogP contribution in [-0.2, 0) is 0 Å². The van der Waals surface area contributed by atoms with Gasteiger partial charge in [0.1, 0.15) is 0 Å². The summed E-state index contributed by atoms with van der Waals surface area (Å²) in [7, 11) is 1.16. The lowest BCUT2D eigenvalue weighted by Gasteiger charge is -2.16. The van der Waals surface area contributed by atoms with Gasteiger partial charge < -0.3 is 20.1 Å². The van der Waals surface area contributed by atoms with Crippen molar-refractivity contribution in [2.45, 2.75) is 12.5 Å². The first kappa shape index (κ1) is 13.5. The third-order valence-electron chi connectivity index (χ3n) is 2.90. The minimum absolute atomic E-state index is 0.00203. The number of ether oxygens (including phenoxy) is 1. The fourth-order valence-electron chi connectivity index (χ4n) is 1.96. The average Bonchev–Trinajstić information content (AvgIpc) is 2.75. The Morgan fingerprint density at radius 1 is 1.47 bits per heavy atom. The van der Waals surface area contributed by atoms with Crippen LogP contribution in [0.25, 0.3) is 0 Å². The molecule has 19 heavy (non-hydrogen) atoms. The summed E-state index contributed by atoms with van der Waals surface area (Å²) in [4.78, 5) is 13.1. The molecular formula is C12H14F2N2O3. The molecule has 1 aromatic rings. The van der Waals surface area contributed by atoms with E-state index in [1.54, 1.807) is 0 Å². The SMILES string of the molecule is COc1c(F)cc(NC(=O)N2CCC(O)C2)cc1F. The quantitative estimate of drug-likeness (QED) is 0.859. The number of urea groups is 1. The third kappa shape index (κ3) is 2.93. The van der Waals surface area contributed by atoms with E-state index >= 15 is 0 Å². The molecule has 2 amide bonds. The zero-order chi connectivity index (χ0) is 14.0. The highest BCUT2D eigenvalue weighted by molar-refractivity contribution is 5.89. The highest BCUT2D eigenvalue weighted by Gasteiger charge is 2.25. The van der Waals surface area contributed by atoms with Crippen LogP contribution in [0.5, 0.6) is 5.75 Å². The van der Waals surface area contributed by atoms with E-state index in [-0.39, 0.29) is 12.2 Å². The number of aliphatic hydroxyl groups excluding tert-OH is 1.